The topological polar surface area (TPSA) is 109 Å². The van der Waals surface area contributed by atoms with Gasteiger partial charge in [-0.3, -0.25) is 9.53 Å². The quantitative estimate of drug-likeness (QED) is 0.690. The first-order valence-corrected chi connectivity index (χ1v) is 4.86. The van der Waals surface area contributed by atoms with Gasteiger partial charge in [0, 0.05) is 5.16 Å². The minimum atomic E-state index is -1.08. The smallest absolute Gasteiger partial charge is 0.367 e. The highest BCUT2D eigenvalue weighted by Crippen LogP contribution is 2.12. The van der Waals surface area contributed by atoms with Crippen molar-refractivity contribution in [1.82, 2.24) is 10.1 Å². The van der Waals surface area contributed by atoms with E-state index in [0.29, 0.717) is 6.54 Å². The number of aromatic nitrogens is 2. The Labute approximate surface area is 92.1 Å². The van der Waals surface area contributed by atoms with Crippen molar-refractivity contribution in [3.63, 3.8) is 0 Å². The number of nitrogens with zero attached hydrogens (tertiary/aromatic N) is 3. The van der Waals surface area contributed by atoms with E-state index in [1.165, 1.54) is 0 Å². The van der Waals surface area contributed by atoms with Crippen LogP contribution < -0.4 is 15.4 Å². The number of amides is 1. The summed E-state index contributed by atoms with van der Waals surface area (Å²) in [5.74, 6) is -0.306. The van der Waals surface area contributed by atoms with E-state index in [4.69, 9.17) is 5.73 Å². The van der Waals surface area contributed by atoms with E-state index in [1.54, 1.807) is 0 Å². The van der Waals surface area contributed by atoms with E-state index >= 15 is 0 Å². The molecule has 0 aliphatic heterocycles. The first kappa shape index (κ1) is 12.2. The molecule has 0 aromatic carbocycles. The van der Waals surface area contributed by atoms with E-state index in [0.717, 1.165) is 13.1 Å². The Kier molecular flexibility index (Phi) is 4.06. The molecule has 1 amide bonds. The lowest BCUT2D eigenvalue weighted by atomic mass is 10.4. The van der Waals surface area contributed by atoms with Crippen molar-refractivity contribution in [3.05, 3.63) is 10.9 Å². The van der Waals surface area contributed by atoms with Crippen LogP contribution in [0.1, 0.15) is 19.5 Å². The average molecular weight is 230 g/mol. The predicted octanol–water partition coefficient (Wildman–Crippen LogP) is -0.393. The molecule has 8 heteroatoms. The molecule has 1 rings (SSSR count). The largest absolute Gasteiger partial charge is 0.412 e. The molecule has 16 heavy (non-hydrogen) atoms. The van der Waals surface area contributed by atoms with Gasteiger partial charge in [0.15, 0.2) is 0 Å². The summed E-state index contributed by atoms with van der Waals surface area (Å²) in [4.78, 5) is 12.6. The fourth-order valence-electron chi connectivity index (χ4n) is 1.21. The predicted molar refractivity (Wildman–Crippen MR) is 52.3 cm³/mol. The van der Waals surface area contributed by atoms with Crippen molar-refractivity contribution in [2.45, 2.75) is 20.4 Å². The van der Waals surface area contributed by atoms with Crippen LogP contribution in [0.5, 0.6) is 5.88 Å². The van der Waals surface area contributed by atoms with Gasteiger partial charge in [0.2, 0.25) is 0 Å². The van der Waals surface area contributed by atoms with Crippen LogP contribution in [-0.2, 0) is 6.54 Å². The van der Waals surface area contributed by atoms with Crippen molar-refractivity contribution in [1.29, 1.82) is 0 Å². The third kappa shape index (κ3) is 2.83. The Morgan fingerprint density at radius 3 is 2.75 bits per heavy atom. The fourth-order valence-corrected chi connectivity index (χ4v) is 1.21. The lowest BCUT2D eigenvalue weighted by Gasteiger charge is -2.14. The minimum absolute atomic E-state index is 0.0175. The molecular weight excluding hydrogens is 216 g/mol. The molecule has 1 aromatic rings. The van der Waals surface area contributed by atoms with Gasteiger partial charge in [-0.1, -0.05) is 13.8 Å². The molecule has 0 bridgehead atoms. The second kappa shape index (κ2) is 5.31. The molecule has 8 nitrogen and oxygen atoms in total. The zero-order valence-electron chi connectivity index (χ0n) is 9.17. The summed E-state index contributed by atoms with van der Waals surface area (Å²) in [6, 6.07) is 0. The molecule has 0 aliphatic carbocycles. The van der Waals surface area contributed by atoms with Crippen molar-refractivity contribution in [2.75, 3.05) is 13.1 Å². The molecule has 0 fully saturated rings. The van der Waals surface area contributed by atoms with Gasteiger partial charge in [0.1, 0.15) is 0 Å². The molecular formula is C8H14N4O4. The number of hydrogen-bond acceptors (Lipinski definition) is 6. The lowest BCUT2D eigenvalue weighted by Crippen LogP contribution is -2.31. The standard InChI is InChI=1S/C8H14N4O4/c1-3-11(4-2)5-6-7(15-8(9)13)12(14)16-10-6/h3-5H2,1-2H3,(H2,9,13). The molecule has 0 aliphatic rings. The van der Waals surface area contributed by atoms with Crippen LogP contribution in [0.25, 0.3) is 0 Å². The van der Waals surface area contributed by atoms with Crippen molar-refractivity contribution >= 4 is 6.09 Å². The van der Waals surface area contributed by atoms with Gasteiger partial charge >= 0.3 is 12.0 Å². The van der Waals surface area contributed by atoms with Crippen LogP contribution in [-0.4, -0.2) is 29.2 Å². The van der Waals surface area contributed by atoms with E-state index in [1.807, 2.05) is 18.7 Å². The van der Waals surface area contributed by atoms with Gasteiger partial charge in [0.25, 0.3) is 5.69 Å². The second-order valence-corrected chi connectivity index (χ2v) is 3.06. The third-order valence-electron chi connectivity index (χ3n) is 2.10. The van der Waals surface area contributed by atoms with Crippen molar-refractivity contribution < 1.29 is 19.1 Å². The first-order valence-electron chi connectivity index (χ1n) is 4.86. The van der Waals surface area contributed by atoms with Gasteiger partial charge in [-0.15, -0.1) is 0 Å². The number of primary amides is 1. The summed E-state index contributed by atoms with van der Waals surface area (Å²) in [7, 11) is 0. The number of carbonyl (C=O) groups is 1. The Balaban J connectivity index is 2.83. The molecule has 0 unspecified atom stereocenters. The molecule has 2 N–H and O–H groups in total. The summed E-state index contributed by atoms with van der Waals surface area (Å²) in [5.41, 5.74) is 5.07. The maximum absolute atomic E-state index is 11.1. The number of nitrogens with two attached hydrogens (primary N) is 1. The highest BCUT2D eigenvalue weighted by molar-refractivity contribution is 5.67. The first-order chi connectivity index (χ1) is 7.58. The molecule has 0 spiro atoms. The van der Waals surface area contributed by atoms with E-state index in [2.05, 4.69) is 14.5 Å². The highest BCUT2D eigenvalue weighted by Gasteiger charge is 2.24. The molecule has 1 aromatic heterocycles. The lowest BCUT2D eigenvalue weighted by molar-refractivity contribution is -0.804. The van der Waals surface area contributed by atoms with Crippen LogP contribution in [0.4, 0.5) is 4.79 Å². The van der Waals surface area contributed by atoms with E-state index in [9.17, 15) is 10.0 Å². The maximum atomic E-state index is 11.1. The highest BCUT2D eigenvalue weighted by atomic mass is 16.8. The summed E-state index contributed by atoms with van der Waals surface area (Å²) < 4.78 is 8.85. The molecule has 0 radical (unpaired) electrons. The van der Waals surface area contributed by atoms with Crippen LogP contribution in [0.3, 0.4) is 0 Å². The second-order valence-electron chi connectivity index (χ2n) is 3.06. The number of carbonyl (C=O) groups excluding carboxylic acids is 1. The van der Waals surface area contributed by atoms with E-state index < -0.39 is 6.09 Å². The summed E-state index contributed by atoms with van der Waals surface area (Å²) in [6.07, 6.45) is -1.08. The van der Waals surface area contributed by atoms with Crippen LogP contribution >= 0.6 is 0 Å². The summed E-state index contributed by atoms with van der Waals surface area (Å²) in [6.45, 7) is 5.83. The van der Waals surface area contributed by atoms with Gasteiger partial charge < -0.3 is 15.7 Å². The Morgan fingerprint density at radius 1 is 1.62 bits per heavy atom. The van der Waals surface area contributed by atoms with Crippen molar-refractivity contribution in [3.8, 4) is 5.88 Å². The van der Waals surface area contributed by atoms with Crippen molar-refractivity contribution in [2.24, 2.45) is 5.73 Å². The monoisotopic (exact) mass is 230 g/mol. The molecule has 0 saturated carbocycles. The average Bonchev–Trinajstić information content (AvgIpc) is 2.57. The van der Waals surface area contributed by atoms with Crippen LogP contribution in [0.15, 0.2) is 4.63 Å². The number of rotatable bonds is 5. The van der Waals surface area contributed by atoms with Gasteiger partial charge in [-0.2, -0.15) is 0 Å². The van der Waals surface area contributed by atoms with Crippen LogP contribution in [0.2, 0.25) is 0 Å². The number of hydrogen-bond donors (Lipinski definition) is 1. The zero-order chi connectivity index (χ0) is 12.1. The molecule has 0 saturated heterocycles. The maximum Gasteiger partial charge on any atom is 0.412 e. The molecule has 1 heterocycles. The Morgan fingerprint density at radius 2 is 2.25 bits per heavy atom. The Hall–Kier alpha value is -1.83. The van der Waals surface area contributed by atoms with Gasteiger partial charge in [-0.05, 0) is 18.0 Å². The molecule has 0 atom stereocenters. The SMILES string of the molecule is CCN(CC)Cc1no[n+]([O-])c1OC(N)=O. The third-order valence-corrected chi connectivity index (χ3v) is 2.10. The van der Waals surface area contributed by atoms with E-state index in [-0.39, 0.29) is 16.5 Å². The normalized spacial score (nSPS) is 10.7. The number of ether oxygens (including phenoxy) is 1. The molecule has 90 valence electrons. The Bertz CT molecular complexity index is 361. The summed E-state index contributed by atoms with van der Waals surface area (Å²) >= 11 is 0. The van der Waals surface area contributed by atoms with Crippen LogP contribution in [0, 0.1) is 5.21 Å². The summed E-state index contributed by atoms with van der Waals surface area (Å²) in [5, 5.41) is 14.6. The van der Waals surface area contributed by atoms with Gasteiger partial charge in [-0.25, -0.2) is 4.79 Å². The fraction of sp³-hybridized carbons (Fsp3) is 0.625. The minimum Gasteiger partial charge on any atom is -0.367 e. The zero-order valence-corrected chi connectivity index (χ0v) is 9.17. The van der Waals surface area contributed by atoms with Gasteiger partial charge in [0.05, 0.1) is 6.54 Å².